The number of H-pyrrole nitrogens is 1. The normalized spacial score (nSPS) is 10.1. The zero-order chi connectivity index (χ0) is 13.1. The van der Waals surface area contributed by atoms with Crippen LogP contribution in [0.4, 0.5) is 5.82 Å². The fourth-order valence-corrected chi connectivity index (χ4v) is 1.58. The first-order valence-electron chi connectivity index (χ1n) is 4.77. The summed E-state index contributed by atoms with van der Waals surface area (Å²) in [5, 5.41) is 17.1. The van der Waals surface area contributed by atoms with Gasteiger partial charge >= 0.3 is 5.97 Å². The fraction of sp³-hybridized carbons (Fsp3) is 0. The third-order valence-corrected chi connectivity index (χ3v) is 2.45. The van der Waals surface area contributed by atoms with Crippen molar-refractivity contribution in [2.24, 2.45) is 0 Å². The molecule has 0 fully saturated rings. The van der Waals surface area contributed by atoms with Gasteiger partial charge in [0.25, 0.3) is 5.91 Å². The molecule has 0 bridgehead atoms. The molecule has 2 aromatic rings. The van der Waals surface area contributed by atoms with E-state index in [4.69, 9.17) is 5.11 Å². The lowest BCUT2D eigenvalue weighted by Gasteiger charge is -2.01. The number of pyridine rings is 1. The number of anilines is 1. The van der Waals surface area contributed by atoms with Gasteiger partial charge in [0.05, 0.1) is 5.56 Å². The summed E-state index contributed by atoms with van der Waals surface area (Å²) in [4.78, 5) is 26.2. The molecular formula is C10H7BrN4O3. The number of nitrogens with zero attached hydrogens (tertiary/aromatic N) is 2. The van der Waals surface area contributed by atoms with Gasteiger partial charge in [-0.05, 0) is 22.0 Å². The molecule has 0 spiro atoms. The Kier molecular flexibility index (Phi) is 3.38. The lowest BCUT2D eigenvalue weighted by Crippen LogP contribution is -2.12. The van der Waals surface area contributed by atoms with Crippen LogP contribution >= 0.6 is 15.9 Å². The average molecular weight is 311 g/mol. The van der Waals surface area contributed by atoms with Crippen molar-refractivity contribution in [2.45, 2.75) is 0 Å². The molecule has 7 nitrogen and oxygen atoms in total. The smallest absolute Gasteiger partial charge is 0.353 e. The molecule has 3 N–H and O–H groups in total. The third-order valence-electron chi connectivity index (χ3n) is 2.02. The van der Waals surface area contributed by atoms with E-state index in [0.29, 0.717) is 10.0 Å². The van der Waals surface area contributed by atoms with Crippen LogP contribution in [0.25, 0.3) is 0 Å². The van der Waals surface area contributed by atoms with Crippen LogP contribution in [0.15, 0.2) is 29.0 Å². The molecule has 2 aromatic heterocycles. The Bertz CT molecular complexity index is 611. The summed E-state index contributed by atoms with van der Waals surface area (Å²) in [5.41, 5.74) is 0.238. The highest BCUT2D eigenvalue weighted by atomic mass is 79.9. The molecule has 1 amide bonds. The Morgan fingerprint density at radius 2 is 2.11 bits per heavy atom. The van der Waals surface area contributed by atoms with E-state index in [2.05, 4.69) is 36.4 Å². The molecule has 2 rings (SSSR count). The van der Waals surface area contributed by atoms with Gasteiger partial charge in [-0.2, -0.15) is 5.10 Å². The second-order valence-electron chi connectivity index (χ2n) is 3.32. The van der Waals surface area contributed by atoms with E-state index in [0.717, 1.165) is 0 Å². The summed E-state index contributed by atoms with van der Waals surface area (Å²) in [6.07, 6.45) is 2.94. The Labute approximate surface area is 109 Å². The molecule has 18 heavy (non-hydrogen) atoms. The zero-order valence-electron chi connectivity index (χ0n) is 8.85. The summed E-state index contributed by atoms with van der Waals surface area (Å²) < 4.78 is 0.670. The maximum absolute atomic E-state index is 11.8. The van der Waals surface area contributed by atoms with Crippen molar-refractivity contribution in [1.82, 2.24) is 15.2 Å². The highest BCUT2D eigenvalue weighted by Crippen LogP contribution is 2.12. The van der Waals surface area contributed by atoms with E-state index in [1.165, 1.54) is 12.3 Å². The van der Waals surface area contributed by atoms with Crippen LogP contribution in [0.5, 0.6) is 0 Å². The lowest BCUT2D eigenvalue weighted by molar-refractivity contribution is 0.0690. The number of amides is 1. The number of carbonyl (C=O) groups excluding carboxylic acids is 1. The Balaban J connectivity index is 2.13. The number of nitrogens with one attached hydrogen (secondary N) is 2. The first-order valence-corrected chi connectivity index (χ1v) is 5.56. The van der Waals surface area contributed by atoms with Crippen LogP contribution in [0, 0.1) is 0 Å². The fourth-order valence-electron chi connectivity index (χ4n) is 1.22. The summed E-state index contributed by atoms with van der Waals surface area (Å²) in [5.74, 6) is -1.43. The molecule has 0 aliphatic rings. The van der Waals surface area contributed by atoms with E-state index in [1.54, 1.807) is 12.3 Å². The predicted molar refractivity (Wildman–Crippen MR) is 65.4 cm³/mol. The lowest BCUT2D eigenvalue weighted by atomic mass is 10.3. The van der Waals surface area contributed by atoms with E-state index in [9.17, 15) is 9.59 Å². The Morgan fingerprint density at radius 3 is 2.72 bits per heavy atom. The second-order valence-corrected chi connectivity index (χ2v) is 4.23. The van der Waals surface area contributed by atoms with Crippen molar-refractivity contribution in [3.63, 3.8) is 0 Å². The van der Waals surface area contributed by atoms with Gasteiger partial charge in [0.15, 0.2) is 5.82 Å². The van der Waals surface area contributed by atoms with Crippen molar-refractivity contribution >= 4 is 33.6 Å². The van der Waals surface area contributed by atoms with E-state index in [1.807, 2.05) is 0 Å². The minimum absolute atomic E-state index is 0.0994. The summed E-state index contributed by atoms with van der Waals surface area (Å²) in [6.45, 7) is 0. The van der Waals surface area contributed by atoms with Crippen LogP contribution in [-0.4, -0.2) is 32.2 Å². The molecule has 0 saturated carbocycles. The Morgan fingerprint density at radius 1 is 1.33 bits per heavy atom. The van der Waals surface area contributed by atoms with Crippen LogP contribution in [0.3, 0.4) is 0 Å². The molecule has 0 radical (unpaired) electrons. The molecular weight excluding hydrogens is 304 g/mol. The number of aromatic nitrogens is 3. The predicted octanol–water partition coefficient (Wildman–Crippen LogP) is 1.52. The van der Waals surface area contributed by atoms with Gasteiger partial charge in [0, 0.05) is 22.9 Å². The SMILES string of the molecule is O=C(Nc1cc(C(=O)O)[nH]n1)c1cncc(Br)c1. The standard InChI is InChI=1S/C10H7BrN4O3/c11-6-1-5(3-12-4-6)9(16)13-8-2-7(10(17)18)14-15-8/h1-4H,(H,17,18)(H2,13,14,15,16). The van der Waals surface area contributed by atoms with Crippen molar-refractivity contribution in [3.05, 3.63) is 40.3 Å². The second kappa shape index (κ2) is 4.96. The quantitative estimate of drug-likeness (QED) is 0.796. The topological polar surface area (TPSA) is 108 Å². The first-order chi connectivity index (χ1) is 8.56. The number of hydrogen-bond acceptors (Lipinski definition) is 4. The molecule has 0 aliphatic heterocycles. The van der Waals surface area contributed by atoms with Crippen molar-refractivity contribution in [1.29, 1.82) is 0 Å². The highest BCUT2D eigenvalue weighted by Gasteiger charge is 2.11. The zero-order valence-corrected chi connectivity index (χ0v) is 10.4. The maximum Gasteiger partial charge on any atom is 0.353 e. The summed E-state index contributed by atoms with van der Waals surface area (Å²) in [6, 6.07) is 2.82. The van der Waals surface area contributed by atoms with Crippen LogP contribution in [0.1, 0.15) is 20.8 Å². The highest BCUT2D eigenvalue weighted by molar-refractivity contribution is 9.10. The van der Waals surface area contributed by atoms with E-state index in [-0.39, 0.29) is 11.5 Å². The molecule has 92 valence electrons. The van der Waals surface area contributed by atoms with Gasteiger partial charge in [-0.25, -0.2) is 4.79 Å². The average Bonchev–Trinajstić information content (AvgIpc) is 2.77. The van der Waals surface area contributed by atoms with Crippen LogP contribution < -0.4 is 5.32 Å². The van der Waals surface area contributed by atoms with Crippen LogP contribution in [0.2, 0.25) is 0 Å². The van der Waals surface area contributed by atoms with Crippen molar-refractivity contribution in [2.75, 3.05) is 5.32 Å². The Hall–Kier alpha value is -2.22. The molecule has 0 aromatic carbocycles. The van der Waals surface area contributed by atoms with Gasteiger partial charge in [0.2, 0.25) is 0 Å². The van der Waals surface area contributed by atoms with Gasteiger partial charge in [-0.15, -0.1) is 0 Å². The summed E-state index contributed by atoms with van der Waals surface area (Å²) in [7, 11) is 0. The number of carboxylic acid groups (broad SMARTS) is 1. The van der Waals surface area contributed by atoms with Gasteiger partial charge in [-0.1, -0.05) is 0 Å². The van der Waals surface area contributed by atoms with Crippen molar-refractivity contribution in [3.8, 4) is 0 Å². The number of rotatable bonds is 3. The number of aromatic carboxylic acids is 1. The van der Waals surface area contributed by atoms with E-state index >= 15 is 0 Å². The molecule has 0 saturated heterocycles. The van der Waals surface area contributed by atoms with Crippen LogP contribution in [-0.2, 0) is 0 Å². The minimum Gasteiger partial charge on any atom is -0.477 e. The summed E-state index contributed by atoms with van der Waals surface area (Å²) >= 11 is 3.20. The van der Waals surface area contributed by atoms with Gasteiger partial charge in [0.1, 0.15) is 5.69 Å². The minimum atomic E-state index is -1.15. The van der Waals surface area contributed by atoms with Gasteiger partial charge < -0.3 is 10.4 Å². The molecule has 0 unspecified atom stereocenters. The number of halogens is 1. The number of hydrogen-bond donors (Lipinski definition) is 3. The third kappa shape index (κ3) is 2.72. The first kappa shape index (κ1) is 12.2. The van der Waals surface area contributed by atoms with E-state index < -0.39 is 11.9 Å². The molecule has 8 heteroatoms. The molecule has 2 heterocycles. The van der Waals surface area contributed by atoms with Crippen molar-refractivity contribution < 1.29 is 14.7 Å². The largest absolute Gasteiger partial charge is 0.477 e. The maximum atomic E-state index is 11.8. The molecule has 0 atom stereocenters. The molecule has 0 aliphatic carbocycles. The number of aromatic amines is 1. The number of carboxylic acids is 1. The monoisotopic (exact) mass is 310 g/mol. The van der Waals surface area contributed by atoms with Gasteiger partial charge in [-0.3, -0.25) is 14.9 Å². The number of carbonyl (C=O) groups is 2.